The highest BCUT2D eigenvalue weighted by Gasteiger charge is 2.23. The van der Waals surface area contributed by atoms with Crippen molar-refractivity contribution >= 4 is 17.8 Å². The van der Waals surface area contributed by atoms with Gasteiger partial charge in [0.25, 0.3) is 11.8 Å². The molecule has 11 nitrogen and oxygen atoms in total. The fourth-order valence-corrected chi connectivity index (χ4v) is 4.61. The maximum Gasteiger partial charge on any atom is 0.305 e. The molecule has 1 unspecified atom stereocenters. The van der Waals surface area contributed by atoms with Crippen LogP contribution in [-0.2, 0) is 27.8 Å². The predicted molar refractivity (Wildman–Crippen MR) is 169 cm³/mol. The van der Waals surface area contributed by atoms with E-state index in [4.69, 9.17) is 9.63 Å². The number of carboxylic acid groups (broad SMARTS) is 1. The van der Waals surface area contributed by atoms with Crippen molar-refractivity contribution in [2.24, 2.45) is 0 Å². The lowest BCUT2D eigenvalue weighted by Crippen LogP contribution is -2.48. The lowest BCUT2D eigenvalue weighted by atomic mass is 9.86. The molecule has 2 amide bonds. The van der Waals surface area contributed by atoms with Crippen LogP contribution in [0.2, 0.25) is 0 Å². The van der Waals surface area contributed by atoms with E-state index in [1.807, 2.05) is 36.4 Å². The highest BCUT2D eigenvalue weighted by Crippen LogP contribution is 2.23. The SMILES string of the molecule is CCCCCc1noc(-c2cnc(-c3ccc(CC(NC(=O)c4ccc(C(C)(C)C)cc4)C(=O)NCCC(=O)O)cc3)nc2)n1. The van der Waals surface area contributed by atoms with Crippen LogP contribution in [0.4, 0.5) is 0 Å². The fourth-order valence-electron chi connectivity index (χ4n) is 4.61. The van der Waals surface area contributed by atoms with E-state index in [-0.39, 0.29) is 24.8 Å². The number of nitrogens with zero attached hydrogens (tertiary/aromatic N) is 4. The Labute approximate surface area is 262 Å². The molecule has 3 N–H and O–H groups in total. The molecule has 236 valence electrons. The zero-order valence-electron chi connectivity index (χ0n) is 26.2. The molecule has 4 rings (SSSR count). The molecule has 45 heavy (non-hydrogen) atoms. The van der Waals surface area contributed by atoms with Gasteiger partial charge in [0.15, 0.2) is 11.6 Å². The predicted octanol–water partition coefficient (Wildman–Crippen LogP) is 5.16. The first-order valence-electron chi connectivity index (χ1n) is 15.2. The summed E-state index contributed by atoms with van der Waals surface area (Å²) in [6.45, 7) is 8.37. The van der Waals surface area contributed by atoms with Gasteiger partial charge in [0.05, 0.1) is 12.0 Å². The smallest absolute Gasteiger partial charge is 0.305 e. The number of hydrogen-bond acceptors (Lipinski definition) is 8. The van der Waals surface area contributed by atoms with E-state index in [9.17, 15) is 14.4 Å². The minimum absolute atomic E-state index is 0.0448. The number of unbranched alkanes of at least 4 members (excludes halogenated alkanes) is 2. The third-order valence-corrected chi connectivity index (χ3v) is 7.30. The number of hydrogen-bond donors (Lipinski definition) is 3. The van der Waals surface area contributed by atoms with Crippen LogP contribution in [0.25, 0.3) is 22.8 Å². The molecule has 0 aliphatic heterocycles. The Kier molecular flexibility index (Phi) is 11.1. The first-order valence-corrected chi connectivity index (χ1v) is 15.2. The number of aryl methyl sites for hydroxylation is 1. The van der Waals surface area contributed by atoms with Crippen molar-refractivity contribution < 1.29 is 24.0 Å². The average molecular weight is 613 g/mol. The molecule has 11 heteroatoms. The number of aromatic nitrogens is 4. The highest BCUT2D eigenvalue weighted by molar-refractivity contribution is 5.97. The minimum Gasteiger partial charge on any atom is -0.481 e. The Morgan fingerprint density at radius 3 is 2.24 bits per heavy atom. The fraction of sp³-hybridized carbons (Fsp3) is 0.382. The molecule has 4 aromatic rings. The monoisotopic (exact) mass is 612 g/mol. The number of benzene rings is 2. The Hall–Kier alpha value is -4.93. The van der Waals surface area contributed by atoms with E-state index in [1.54, 1.807) is 24.5 Å². The summed E-state index contributed by atoms with van der Waals surface area (Å²) < 4.78 is 5.38. The second-order valence-corrected chi connectivity index (χ2v) is 12.0. The van der Waals surface area contributed by atoms with E-state index in [0.29, 0.717) is 28.7 Å². The topological polar surface area (TPSA) is 160 Å². The van der Waals surface area contributed by atoms with Crippen LogP contribution in [0.3, 0.4) is 0 Å². The van der Waals surface area contributed by atoms with Crippen LogP contribution in [0.5, 0.6) is 0 Å². The molecular formula is C34H40N6O5. The average Bonchev–Trinajstić information content (AvgIpc) is 3.49. The van der Waals surface area contributed by atoms with Crippen LogP contribution in [0, 0.1) is 0 Å². The second-order valence-electron chi connectivity index (χ2n) is 12.0. The first-order chi connectivity index (χ1) is 21.5. The Morgan fingerprint density at radius 2 is 1.62 bits per heavy atom. The van der Waals surface area contributed by atoms with Crippen molar-refractivity contribution in [3.8, 4) is 22.8 Å². The van der Waals surface area contributed by atoms with Crippen LogP contribution in [0.15, 0.2) is 65.4 Å². The van der Waals surface area contributed by atoms with Crippen molar-refractivity contribution in [2.45, 2.75) is 77.7 Å². The molecule has 2 heterocycles. The molecular weight excluding hydrogens is 572 g/mol. The minimum atomic E-state index is -1.02. The second kappa shape index (κ2) is 15.2. The number of rotatable bonds is 14. The van der Waals surface area contributed by atoms with Crippen LogP contribution in [-0.4, -0.2) is 55.6 Å². The van der Waals surface area contributed by atoms with Crippen LogP contribution in [0.1, 0.15) is 80.7 Å². The van der Waals surface area contributed by atoms with E-state index in [2.05, 4.69) is 58.4 Å². The van der Waals surface area contributed by atoms with Gasteiger partial charge in [0, 0.05) is 42.9 Å². The molecule has 0 aliphatic carbocycles. The van der Waals surface area contributed by atoms with Gasteiger partial charge in [0.1, 0.15) is 6.04 Å². The number of aliphatic carboxylic acids is 1. The molecule has 0 bridgehead atoms. The number of carbonyl (C=O) groups excluding carboxylic acids is 2. The van der Waals surface area contributed by atoms with E-state index in [0.717, 1.165) is 42.4 Å². The summed E-state index contributed by atoms with van der Waals surface area (Å²) in [6, 6.07) is 13.7. The zero-order chi connectivity index (χ0) is 32.4. The van der Waals surface area contributed by atoms with E-state index < -0.39 is 23.8 Å². The van der Waals surface area contributed by atoms with Gasteiger partial charge in [-0.15, -0.1) is 0 Å². The lowest BCUT2D eigenvalue weighted by molar-refractivity contribution is -0.137. The van der Waals surface area contributed by atoms with Crippen molar-refractivity contribution in [3.63, 3.8) is 0 Å². The molecule has 0 saturated heterocycles. The van der Waals surface area contributed by atoms with Gasteiger partial charge in [-0.05, 0) is 35.1 Å². The molecule has 1 atom stereocenters. The van der Waals surface area contributed by atoms with E-state index in [1.165, 1.54) is 0 Å². The Bertz CT molecular complexity index is 1580. The summed E-state index contributed by atoms with van der Waals surface area (Å²) in [5, 5.41) is 18.4. The van der Waals surface area contributed by atoms with Crippen LogP contribution < -0.4 is 10.6 Å². The molecule has 0 aliphatic rings. The van der Waals surface area contributed by atoms with Gasteiger partial charge >= 0.3 is 5.97 Å². The van der Waals surface area contributed by atoms with Crippen LogP contribution >= 0.6 is 0 Å². The number of carbonyl (C=O) groups is 3. The summed E-state index contributed by atoms with van der Waals surface area (Å²) in [6.07, 6.45) is 7.26. The highest BCUT2D eigenvalue weighted by atomic mass is 16.5. The zero-order valence-corrected chi connectivity index (χ0v) is 26.2. The summed E-state index contributed by atoms with van der Waals surface area (Å²) in [5.41, 5.74) is 3.63. The quantitative estimate of drug-likeness (QED) is 0.164. The molecule has 0 spiro atoms. The summed E-state index contributed by atoms with van der Waals surface area (Å²) in [4.78, 5) is 50.4. The van der Waals surface area contributed by atoms with Crippen molar-refractivity contribution in [1.29, 1.82) is 0 Å². The Morgan fingerprint density at radius 1 is 0.933 bits per heavy atom. The molecule has 0 radical (unpaired) electrons. The van der Waals surface area contributed by atoms with Crippen molar-refractivity contribution in [3.05, 3.63) is 83.4 Å². The molecule has 0 fully saturated rings. The standard InChI is InChI=1S/C34H40N6O5/c1-5-6-7-8-28-39-33(45-40-28)25-20-36-30(37-21-25)23-11-9-22(10-12-23)19-27(32(44)35-18-17-29(41)42)38-31(43)24-13-15-26(16-14-24)34(2,3)4/h9-16,20-21,27H,5-8,17-19H2,1-4H3,(H,35,44)(H,38,43)(H,41,42). The van der Waals surface area contributed by atoms with Gasteiger partial charge in [0.2, 0.25) is 5.91 Å². The number of carboxylic acids is 1. The summed E-state index contributed by atoms with van der Waals surface area (Å²) in [5.74, 6) is -0.334. The summed E-state index contributed by atoms with van der Waals surface area (Å²) in [7, 11) is 0. The van der Waals surface area contributed by atoms with Crippen molar-refractivity contribution in [2.75, 3.05) is 6.54 Å². The van der Waals surface area contributed by atoms with Gasteiger partial charge < -0.3 is 20.3 Å². The lowest BCUT2D eigenvalue weighted by Gasteiger charge is -2.20. The van der Waals surface area contributed by atoms with E-state index >= 15 is 0 Å². The normalized spacial score (nSPS) is 12.0. The summed E-state index contributed by atoms with van der Waals surface area (Å²) >= 11 is 0. The molecule has 2 aromatic carbocycles. The van der Waals surface area contributed by atoms with Gasteiger partial charge in [-0.1, -0.05) is 82.1 Å². The molecule has 2 aromatic heterocycles. The third kappa shape index (κ3) is 9.53. The van der Waals surface area contributed by atoms with Gasteiger partial charge in [-0.25, -0.2) is 9.97 Å². The van der Waals surface area contributed by atoms with Gasteiger partial charge in [-0.2, -0.15) is 4.98 Å². The number of nitrogens with one attached hydrogen (secondary N) is 2. The molecule has 0 saturated carbocycles. The van der Waals surface area contributed by atoms with Crippen molar-refractivity contribution in [1.82, 2.24) is 30.7 Å². The largest absolute Gasteiger partial charge is 0.481 e. The Balaban J connectivity index is 1.44. The first kappa shape index (κ1) is 33.0. The maximum atomic E-state index is 13.1. The maximum absolute atomic E-state index is 13.1. The number of amides is 2. The van der Waals surface area contributed by atoms with Gasteiger partial charge in [-0.3, -0.25) is 14.4 Å². The third-order valence-electron chi connectivity index (χ3n) is 7.30.